The van der Waals surface area contributed by atoms with Crippen molar-refractivity contribution in [1.82, 2.24) is 14.8 Å². The van der Waals surface area contributed by atoms with Crippen molar-refractivity contribution < 1.29 is 9.18 Å². The Morgan fingerprint density at radius 1 is 1.17 bits per heavy atom. The number of pyridine rings is 1. The summed E-state index contributed by atoms with van der Waals surface area (Å²) in [4.78, 5) is 21.4. The van der Waals surface area contributed by atoms with E-state index in [0.717, 1.165) is 37.3 Å². The first-order chi connectivity index (χ1) is 11.6. The normalized spacial score (nSPS) is 16.8. The van der Waals surface area contributed by atoms with Crippen molar-refractivity contribution >= 4 is 5.91 Å². The minimum absolute atomic E-state index is 0.110. The van der Waals surface area contributed by atoms with E-state index in [9.17, 15) is 9.18 Å². The number of hydrogen-bond acceptors (Lipinski definition) is 3. The highest BCUT2D eigenvalue weighted by Crippen LogP contribution is 2.24. The highest BCUT2D eigenvalue weighted by atomic mass is 19.1. The molecule has 1 amide bonds. The third kappa shape index (κ3) is 3.97. The second kappa shape index (κ2) is 7.53. The highest BCUT2D eigenvalue weighted by Gasteiger charge is 2.28. The Morgan fingerprint density at radius 2 is 1.88 bits per heavy atom. The van der Waals surface area contributed by atoms with Gasteiger partial charge in [-0.15, -0.1) is 0 Å². The Morgan fingerprint density at radius 3 is 2.50 bits per heavy atom. The van der Waals surface area contributed by atoms with Gasteiger partial charge in [-0.1, -0.05) is 18.2 Å². The Hall–Kier alpha value is -2.27. The quantitative estimate of drug-likeness (QED) is 0.865. The monoisotopic (exact) mass is 327 g/mol. The van der Waals surface area contributed by atoms with Crippen LogP contribution in [0.25, 0.3) is 0 Å². The summed E-state index contributed by atoms with van der Waals surface area (Å²) in [6.07, 6.45) is 4.08. The fraction of sp³-hybridized carbons (Fsp3) is 0.368. The van der Waals surface area contributed by atoms with Gasteiger partial charge in [0.1, 0.15) is 5.82 Å². The summed E-state index contributed by atoms with van der Waals surface area (Å²) < 4.78 is 13.3. The number of carbonyl (C=O) groups is 1. The molecule has 4 nitrogen and oxygen atoms in total. The van der Waals surface area contributed by atoms with Crippen LogP contribution >= 0.6 is 0 Å². The number of nitrogens with zero attached hydrogens (tertiary/aromatic N) is 3. The third-order valence-corrected chi connectivity index (χ3v) is 4.55. The molecule has 2 aromatic rings. The maximum atomic E-state index is 13.3. The summed E-state index contributed by atoms with van der Waals surface area (Å²) in [6, 6.07) is 10.1. The van der Waals surface area contributed by atoms with Crippen LogP contribution in [-0.4, -0.2) is 53.9 Å². The number of rotatable bonds is 4. The smallest absolute Gasteiger partial charge is 0.230 e. The first kappa shape index (κ1) is 16.6. The van der Waals surface area contributed by atoms with E-state index in [1.807, 2.05) is 17.0 Å². The first-order valence-electron chi connectivity index (χ1n) is 8.25. The molecule has 2 heterocycles. The van der Waals surface area contributed by atoms with Crippen LogP contribution in [0.5, 0.6) is 0 Å². The van der Waals surface area contributed by atoms with Gasteiger partial charge < -0.3 is 9.80 Å². The fourth-order valence-electron chi connectivity index (χ4n) is 3.04. The van der Waals surface area contributed by atoms with Gasteiger partial charge in [0.05, 0.1) is 5.92 Å². The molecule has 126 valence electrons. The van der Waals surface area contributed by atoms with Crippen LogP contribution in [0, 0.1) is 5.82 Å². The standard InChI is InChI=1S/C19H22FN3O/c1-22-9-11-23(12-10-22)19(24)18(13-15-3-2-8-21-14-15)16-4-6-17(20)7-5-16/h2-8,14,18H,9-13H2,1H3. The molecule has 0 radical (unpaired) electrons. The zero-order chi connectivity index (χ0) is 16.9. The third-order valence-electron chi connectivity index (χ3n) is 4.55. The molecule has 1 atom stereocenters. The van der Waals surface area contributed by atoms with E-state index in [1.54, 1.807) is 24.5 Å². The minimum atomic E-state index is -0.307. The Bertz CT molecular complexity index is 667. The van der Waals surface area contributed by atoms with Crippen molar-refractivity contribution in [2.75, 3.05) is 33.2 Å². The summed E-state index contributed by atoms with van der Waals surface area (Å²) >= 11 is 0. The number of aromatic nitrogens is 1. The van der Waals surface area contributed by atoms with Gasteiger partial charge in [0.2, 0.25) is 5.91 Å². The average Bonchev–Trinajstić information content (AvgIpc) is 2.62. The van der Waals surface area contributed by atoms with E-state index in [1.165, 1.54) is 12.1 Å². The first-order valence-corrected chi connectivity index (χ1v) is 8.25. The molecule has 1 saturated heterocycles. The second-order valence-corrected chi connectivity index (χ2v) is 6.30. The van der Waals surface area contributed by atoms with E-state index >= 15 is 0 Å². The summed E-state index contributed by atoms with van der Waals surface area (Å²) in [7, 11) is 2.06. The molecule has 1 unspecified atom stereocenters. The molecule has 3 rings (SSSR count). The molecular formula is C19H22FN3O. The van der Waals surface area contributed by atoms with E-state index in [0.29, 0.717) is 6.42 Å². The number of likely N-dealkylation sites (N-methyl/N-ethyl adjacent to an activating group) is 1. The maximum Gasteiger partial charge on any atom is 0.230 e. The molecule has 0 saturated carbocycles. The van der Waals surface area contributed by atoms with Gasteiger partial charge in [-0.25, -0.2) is 4.39 Å². The predicted molar refractivity (Wildman–Crippen MR) is 91.2 cm³/mol. The molecule has 0 aliphatic carbocycles. The van der Waals surface area contributed by atoms with Gasteiger partial charge in [0, 0.05) is 38.6 Å². The fourth-order valence-corrected chi connectivity index (χ4v) is 3.04. The lowest BCUT2D eigenvalue weighted by Gasteiger charge is -2.34. The Kier molecular flexibility index (Phi) is 5.20. The SMILES string of the molecule is CN1CCN(C(=O)C(Cc2cccnc2)c2ccc(F)cc2)CC1. The van der Waals surface area contributed by atoms with Gasteiger partial charge in [0.15, 0.2) is 0 Å². The van der Waals surface area contributed by atoms with Crippen molar-refractivity contribution in [3.8, 4) is 0 Å². The molecule has 1 aromatic heterocycles. The summed E-state index contributed by atoms with van der Waals surface area (Å²) in [5.74, 6) is -0.484. The molecular weight excluding hydrogens is 305 g/mol. The lowest BCUT2D eigenvalue weighted by atomic mass is 9.91. The number of benzene rings is 1. The minimum Gasteiger partial charge on any atom is -0.340 e. The number of amides is 1. The van der Waals surface area contributed by atoms with Gasteiger partial charge in [-0.3, -0.25) is 9.78 Å². The molecule has 24 heavy (non-hydrogen) atoms. The number of piperazine rings is 1. The molecule has 1 aliphatic heterocycles. The average molecular weight is 327 g/mol. The predicted octanol–water partition coefficient (Wildman–Crippen LogP) is 2.32. The molecule has 0 N–H and O–H groups in total. The van der Waals surface area contributed by atoms with E-state index in [4.69, 9.17) is 0 Å². The van der Waals surface area contributed by atoms with Crippen LogP contribution < -0.4 is 0 Å². The van der Waals surface area contributed by atoms with Crippen molar-refractivity contribution in [3.05, 3.63) is 65.7 Å². The molecule has 0 bridgehead atoms. The number of halogens is 1. The number of hydrogen-bond donors (Lipinski definition) is 0. The van der Waals surface area contributed by atoms with Gasteiger partial charge in [-0.2, -0.15) is 0 Å². The highest BCUT2D eigenvalue weighted by molar-refractivity contribution is 5.84. The van der Waals surface area contributed by atoms with E-state index in [2.05, 4.69) is 16.9 Å². The van der Waals surface area contributed by atoms with Crippen molar-refractivity contribution in [3.63, 3.8) is 0 Å². The second-order valence-electron chi connectivity index (χ2n) is 6.30. The zero-order valence-corrected chi connectivity index (χ0v) is 13.9. The topological polar surface area (TPSA) is 36.4 Å². The molecule has 0 spiro atoms. The van der Waals surface area contributed by atoms with Crippen LogP contribution in [0.2, 0.25) is 0 Å². The Balaban J connectivity index is 1.83. The molecule has 1 aliphatic rings. The van der Waals surface area contributed by atoms with Gasteiger partial charge in [0.25, 0.3) is 0 Å². The zero-order valence-electron chi connectivity index (χ0n) is 13.9. The van der Waals surface area contributed by atoms with Crippen molar-refractivity contribution in [1.29, 1.82) is 0 Å². The molecule has 1 fully saturated rings. The van der Waals surface area contributed by atoms with Crippen LogP contribution in [0.1, 0.15) is 17.0 Å². The molecule has 1 aromatic carbocycles. The number of carbonyl (C=O) groups excluding carboxylic acids is 1. The lowest BCUT2D eigenvalue weighted by molar-refractivity contribution is -0.134. The summed E-state index contributed by atoms with van der Waals surface area (Å²) in [5, 5.41) is 0. The van der Waals surface area contributed by atoms with Gasteiger partial charge >= 0.3 is 0 Å². The summed E-state index contributed by atoms with van der Waals surface area (Å²) in [6.45, 7) is 3.24. The lowest BCUT2D eigenvalue weighted by Crippen LogP contribution is -2.48. The van der Waals surface area contributed by atoms with Crippen LogP contribution in [0.15, 0.2) is 48.8 Å². The largest absolute Gasteiger partial charge is 0.340 e. The van der Waals surface area contributed by atoms with E-state index < -0.39 is 0 Å². The van der Waals surface area contributed by atoms with Crippen LogP contribution in [0.4, 0.5) is 4.39 Å². The summed E-state index contributed by atoms with van der Waals surface area (Å²) in [5.41, 5.74) is 1.86. The van der Waals surface area contributed by atoms with Gasteiger partial charge in [-0.05, 0) is 42.8 Å². The molecule has 5 heteroatoms. The van der Waals surface area contributed by atoms with Crippen molar-refractivity contribution in [2.24, 2.45) is 0 Å². The van der Waals surface area contributed by atoms with E-state index in [-0.39, 0.29) is 17.6 Å². The maximum absolute atomic E-state index is 13.3. The Labute approximate surface area is 141 Å². The van der Waals surface area contributed by atoms with Crippen LogP contribution in [0.3, 0.4) is 0 Å². The van der Waals surface area contributed by atoms with Crippen LogP contribution in [-0.2, 0) is 11.2 Å². The van der Waals surface area contributed by atoms with Crippen molar-refractivity contribution in [2.45, 2.75) is 12.3 Å².